The van der Waals surface area contributed by atoms with Gasteiger partial charge in [-0.2, -0.15) is 18.3 Å². The summed E-state index contributed by atoms with van der Waals surface area (Å²) in [4.78, 5) is 27.6. The van der Waals surface area contributed by atoms with Crippen LogP contribution < -0.4 is 5.43 Å². The van der Waals surface area contributed by atoms with Crippen molar-refractivity contribution in [2.75, 3.05) is 0 Å². The van der Waals surface area contributed by atoms with Gasteiger partial charge in [0, 0.05) is 23.4 Å². The molecule has 1 aliphatic rings. The number of para-hydroxylation sites is 1. The molecule has 1 unspecified atom stereocenters. The molecule has 9 heteroatoms. The molecule has 1 aromatic heterocycles. The Kier molecular flexibility index (Phi) is 5.82. The normalized spacial score (nSPS) is 14.7. The van der Waals surface area contributed by atoms with Crippen molar-refractivity contribution < 1.29 is 22.4 Å². The van der Waals surface area contributed by atoms with Gasteiger partial charge in [-0.05, 0) is 44.9 Å². The SMILES string of the molecule is Cc1cc(=O)c(C(=O)N(C2CC2)C(C)c2ccccc2F)nn1-c1ccccc1C(F)(F)F. The van der Waals surface area contributed by atoms with Crippen molar-refractivity contribution in [1.82, 2.24) is 14.7 Å². The number of alkyl halides is 3. The van der Waals surface area contributed by atoms with Gasteiger partial charge >= 0.3 is 6.18 Å². The van der Waals surface area contributed by atoms with Crippen molar-refractivity contribution in [3.63, 3.8) is 0 Å². The predicted octanol–water partition coefficient (Wildman–Crippen LogP) is 5.06. The average molecular weight is 459 g/mol. The van der Waals surface area contributed by atoms with Gasteiger partial charge in [0.05, 0.1) is 17.3 Å². The zero-order valence-corrected chi connectivity index (χ0v) is 17.9. The molecule has 1 amide bonds. The molecule has 3 aromatic rings. The number of rotatable bonds is 5. The molecule has 0 spiro atoms. The van der Waals surface area contributed by atoms with E-state index >= 15 is 0 Å². The lowest BCUT2D eigenvalue weighted by Crippen LogP contribution is -2.39. The highest BCUT2D eigenvalue weighted by molar-refractivity contribution is 5.93. The first-order chi connectivity index (χ1) is 15.6. The van der Waals surface area contributed by atoms with Gasteiger partial charge in [0.1, 0.15) is 5.82 Å². The van der Waals surface area contributed by atoms with Crippen LogP contribution in [-0.4, -0.2) is 26.6 Å². The lowest BCUT2D eigenvalue weighted by atomic mass is 10.1. The summed E-state index contributed by atoms with van der Waals surface area (Å²) >= 11 is 0. The topological polar surface area (TPSA) is 55.2 Å². The van der Waals surface area contributed by atoms with Gasteiger partial charge in [-0.3, -0.25) is 9.59 Å². The second kappa shape index (κ2) is 8.46. The molecule has 0 N–H and O–H groups in total. The zero-order valence-electron chi connectivity index (χ0n) is 17.9. The first-order valence-corrected chi connectivity index (χ1v) is 10.4. The number of carbonyl (C=O) groups is 1. The fourth-order valence-corrected chi connectivity index (χ4v) is 3.93. The minimum Gasteiger partial charge on any atom is -0.327 e. The van der Waals surface area contributed by atoms with E-state index in [9.17, 15) is 27.2 Å². The van der Waals surface area contributed by atoms with Crippen molar-refractivity contribution in [2.24, 2.45) is 0 Å². The molecular formula is C24H21F4N3O2. The van der Waals surface area contributed by atoms with Crippen LogP contribution in [0.1, 0.15) is 53.1 Å². The smallest absolute Gasteiger partial charge is 0.327 e. The van der Waals surface area contributed by atoms with Crippen LogP contribution >= 0.6 is 0 Å². The molecule has 2 aromatic carbocycles. The molecular weight excluding hydrogens is 438 g/mol. The molecule has 1 aliphatic carbocycles. The van der Waals surface area contributed by atoms with Gasteiger partial charge in [-0.1, -0.05) is 30.3 Å². The third kappa shape index (κ3) is 4.40. The van der Waals surface area contributed by atoms with E-state index in [4.69, 9.17) is 0 Å². The van der Waals surface area contributed by atoms with E-state index in [0.29, 0.717) is 12.8 Å². The van der Waals surface area contributed by atoms with Crippen molar-refractivity contribution in [3.8, 4) is 5.69 Å². The van der Waals surface area contributed by atoms with Gasteiger partial charge in [-0.25, -0.2) is 9.07 Å². The van der Waals surface area contributed by atoms with Crippen molar-refractivity contribution in [1.29, 1.82) is 0 Å². The average Bonchev–Trinajstić information content (AvgIpc) is 3.58. The summed E-state index contributed by atoms with van der Waals surface area (Å²) in [5.41, 5.74) is -2.02. The van der Waals surface area contributed by atoms with Crippen LogP contribution in [0.4, 0.5) is 17.6 Å². The number of benzene rings is 2. The second-order valence-electron chi connectivity index (χ2n) is 8.07. The zero-order chi connectivity index (χ0) is 23.9. The summed E-state index contributed by atoms with van der Waals surface area (Å²) in [7, 11) is 0. The minimum atomic E-state index is -4.66. The van der Waals surface area contributed by atoms with E-state index < -0.39 is 40.6 Å². The predicted molar refractivity (Wildman–Crippen MR) is 114 cm³/mol. The van der Waals surface area contributed by atoms with E-state index in [0.717, 1.165) is 16.8 Å². The number of aromatic nitrogens is 2. The quantitative estimate of drug-likeness (QED) is 0.501. The third-order valence-electron chi connectivity index (χ3n) is 5.70. The molecule has 0 bridgehead atoms. The van der Waals surface area contributed by atoms with Gasteiger partial charge in [0.25, 0.3) is 5.91 Å². The first-order valence-electron chi connectivity index (χ1n) is 10.4. The van der Waals surface area contributed by atoms with E-state index in [2.05, 4.69) is 5.10 Å². The molecule has 1 atom stereocenters. The van der Waals surface area contributed by atoms with Crippen LogP contribution in [0.3, 0.4) is 0 Å². The summed E-state index contributed by atoms with van der Waals surface area (Å²) in [5, 5.41) is 4.06. The first kappa shape index (κ1) is 22.7. The Bertz CT molecular complexity index is 1270. The molecule has 1 heterocycles. The molecule has 5 nitrogen and oxygen atoms in total. The van der Waals surface area contributed by atoms with Crippen molar-refractivity contribution in [3.05, 3.63) is 93.2 Å². The summed E-state index contributed by atoms with van der Waals surface area (Å²) in [6, 6.07) is 11.0. The number of amides is 1. The molecule has 33 heavy (non-hydrogen) atoms. The highest BCUT2D eigenvalue weighted by atomic mass is 19.4. The Morgan fingerprint density at radius 2 is 1.76 bits per heavy atom. The molecule has 4 rings (SSSR count). The molecule has 0 saturated heterocycles. The Morgan fingerprint density at radius 3 is 2.39 bits per heavy atom. The lowest BCUT2D eigenvalue weighted by Gasteiger charge is -2.29. The van der Waals surface area contributed by atoms with Gasteiger partial charge in [-0.15, -0.1) is 0 Å². The van der Waals surface area contributed by atoms with Crippen molar-refractivity contribution in [2.45, 2.75) is 44.9 Å². The Hall–Kier alpha value is -3.49. The summed E-state index contributed by atoms with van der Waals surface area (Å²) < 4.78 is 56.0. The number of hydrogen-bond acceptors (Lipinski definition) is 3. The fourth-order valence-electron chi connectivity index (χ4n) is 3.93. The largest absolute Gasteiger partial charge is 0.418 e. The Labute approximate surface area is 187 Å². The van der Waals surface area contributed by atoms with E-state index in [1.807, 2.05) is 0 Å². The lowest BCUT2D eigenvalue weighted by molar-refractivity contribution is -0.137. The summed E-state index contributed by atoms with van der Waals surface area (Å²) in [6.07, 6.45) is -3.29. The highest BCUT2D eigenvalue weighted by Crippen LogP contribution is 2.36. The van der Waals surface area contributed by atoms with Crippen LogP contribution in [0.25, 0.3) is 5.69 Å². The molecule has 1 fully saturated rings. The highest BCUT2D eigenvalue weighted by Gasteiger charge is 2.39. The Morgan fingerprint density at radius 1 is 1.12 bits per heavy atom. The van der Waals surface area contributed by atoms with Crippen molar-refractivity contribution >= 4 is 5.91 Å². The van der Waals surface area contributed by atoms with Crippen LogP contribution in [0.15, 0.2) is 59.4 Å². The van der Waals surface area contributed by atoms with Crippen LogP contribution in [0.2, 0.25) is 0 Å². The van der Waals surface area contributed by atoms with Gasteiger partial charge in [0.15, 0.2) is 5.69 Å². The monoisotopic (exact) mass is 459 g/mol. The second-order valence-corrected chi connectivity index (χ2v) is 8.07. The number of nitrogens with zero attached hydrogens (tertiary/aromatic N) is 3. The third-order valence-corrected chi connectivity index (χ3v) is 5.70. The van der Waals surface area contributed by atoms with Crippen LogP contribution in [0, 0.1) is 12.7 Å². The van der Waals surface area contributed by atoms with E-state index in [1.165, 1.54) is 42.2 Å². The maximum Gasteiger partial charge on any atom is 0.418 e. The molecule has 0 aliphatic heterocycles. The van der Waals surface area contributed by atoms with E-state index in [-0.39, 0.29) is 23.0 Å². The maximum atomic E-state index is 14.4. The van der Waals surface area contributed by atoms with E-state index in [1.54, 1.807) is 19.1 Å². The Balaban J connectivity index is 1.81. The number of aryl methyl sites for hydroxylation is 1. The van der Waals surface area contributed by atoms with Crippen LogP contribution in [0.5, 0.6) is 0 Å². The fraction of sp³-hybridized carbons (Fsp3) is 0.292. The number of hydrogen-bond donors (Lipinski definition) is 0. The van der Waals surface area contributed by atoms with Gasteiger partial charge < -0.3 is 4.90 Å². The van der Waals surface area contributed by atoms with Crippen LogP contribution in [-0.2, 0) is 6.18 Å². The molecule has 0 radical (unpaired) electrons. The summed E-state index contributed by atoms with van der Waals surface area (Å²) in [6.45, 7) is 3.09. The minimum absolute atomic E-state index is 0.147. The molecule has 172 valence electrons. The number of carbonyl (C=O) groups excluding carboxylic acids is 1. The van der Waals surface area contributed by atoms with Gasteiger partial charge in [0.2, 0.25) is 5.43 Å². The standard InChI is InChI=1S/C24H21F4N3O2/c1-14-13-21(32)22(29-31(14)20-10-6-4-8-18(20)24(26,27)28)23(33)30(16-11-12-16)15(2)17-7-3-5-9-19(17)25/h3-10,13,15-16H,11-12H2,1-2H3. The molecule has 1 saturated carbocycles. The maximum absolute atomic E-state index is 14.4. The number of halogens is 4. The summed E-state index contributed by atoms with van der Waals surface area (Å²) in [5.74, 6) is -1.23.